The third kappa shape index (κ3) is 7.83. The normalized spacial score (nSPS) is 14.7. The van der Waals surface area contributed by atoms with Crippen LogP contribution in [0.3, 0.4) is 0 Å². The number of morpholine rings is 1. The molecule has 2 aromatic rings. The van der Waals surface area contributed by atoms with Crippen molar-refractivity contribution in [3.05, 3.63) is 54.6 Å². The second kappa shape index (κ2) is 13.4. The summed E-state index contributed by atoms with van der Waals surface area (Å²) < 4.78 is 11.4. The molecule has 6 nitrogen and oxygen atoms in total. The van der Waals surface area contributed by atoms with E-state index in [-0.39, 0.29) is 24.0 Å². The van der Waals surface area contributed by atoms with Gasteiger partial charge in [-0.3, -0.25) is 9.89 Å². The molecule has 2 N–H and O–H groups in total. The van der Waals surface area contributed by atoms with Crippen LogP contribution < -0.4 is 15.4 Å². The Morgan fingerprint density at radius 2 is 1.69 bits per heavy atom. The van der Waals surface area contributed by atoms with E-state index in [1.54, 1.807) is 7.05 Å². The Bertz CT molecular complexity index is 737. The maximum Gasteiger partial charge on any atom is 0.191 e. The van der Waals surface area contributed by atoms with E-state index < -0.39 is 0 Å². The molecule has 0 radical (unpaired) electrons. The van der Waals surface area contributed by atoms with Crippen molar-refractivity contribution in [3.8, 4) is 16.9 Å². The van der Waals surface area contributed by atoms with E-state index in [2.05, 4.69) is 38.7 Å². The van der Waals surface area contributed by atoms with Gasteiger partial charge in [-0.05, 0) is 11.6 Å². The number of para-hydroxylation sites is 1. The van der Waals surface area contributed by atoms with E-state index in [9.17, 15) is 0 Å². The topological polar surface area (TPSA) is 58.1 Å². The SMILES string of the molecule is CN=C(NCCOc1ccccc1-c1ccccc1)NCCN1CCOCC1.I. The van der Waals surface area contributed by atoms with E-state index in [1.807, 2.05) is 36.4 Å². The minimum atomic E-state index is 0. The van der Waals surface area contributed by atoms with Gasteiger partial charge in [-0.1, -0.05) is 48.5 Å². The summed E-state index contributed by atoms with van der Waals surface area (Å²) in [6.45, 7) is 6.75. The zero-order valence-electron chi connectivity index (χ0n) is 17.0. The van der Waals surface area contributed by atoms with Crippen LogP contribution in [0, 0.1) is 0 Å². The minimum Gasteiger partial charge on any atom is -0.491 e. The molecule has 0 aliphatic carbocycles. The highest BCUT2D eigenvalue weighted by Gasteiger charge is 2.09. The molecule has 0 bridgehead atoms. The second-order valence-electron chi connectivity index (χ2n) is 6.59. The van der Waals surface area contributed by atoms with Gasteiger partial charge in [-0.15, -0.1) is 24.0 Å². The Morgan fingerprint density at radius 3 is 2.45 bits per heavy atom. The summed E-state index contributed by atoms with van der Waals surface area (Å²) in [5, 5.41) is 6.66. The lowest BCUT2D eigenvalue weighted by atomic mass is 10.1. The van der Waals surface area contributed by atoms with Crippen molar-refractivity contribution in [2.75, 3.05) is 59.6 Å². The van der Waals surface area contributed by atoms with Crippen LogP contribution in [-0.4, -0.2) is 70.5 Å². The Morgan fingerprint density at radius 1 is 1.00 bits per heavy atom. The number of nitrogens with one attached hydrogen (secondary N) is 2. The number of halogens is 1. The summed E-state index contributed by atoms with van der Waals surface area (Å²) in [5.41, 5.74) is 2.27. The Labute approximate surface area is 190 Å². The van der Waals surface area contributed by atoms with Crippen LogP contribution in [0.5, 0.6) is 5.75 Å². The fraction of sp³-hybridized carbons (Fsp3) is 0.409. The van der Waals surface area contributed by atoms with Gasteiger partial charge in [0.25, 0.3) is 0 Å². The summed E-state index contributed by atoms with van der Waals surface area (Å²) >= 11 is 0. The van der Waals surface area contributed by atoms with E-state index >= 15 is 0 Å². The summed E-state index contributed by atoms with van der Waals surface area (Å²) in [6, 6.07) is 18.4. The molecule has 0 aromatic heterocycles. The van der Waals surface area contributed by atoms with Crippen molar-refractivity contribution in [2.45, 2.75) is 0 Å². The van der Waals surface area contributed by atoms with Crippen LogP contribution in [0.4, 0.5) is 0 Å². The van der Waals surface area contributed by atoms with Crippen molar-refractivity contribution in [1.82, 2.24) is 15.5 Å². The van der Waals surface area contributed by atoms with Crippen LogP contribution in [-0.2, 0) is 4.74 Å². The number of ether oxygens (including phenoxy) is 2. The summed E-state index contributed by atoms with van der Waals surface area (Å²) in [6.07, 6.45) is 0. The molecule has 3 rings (SSSR count). The first-order chi connectivity index (χ1) is 13.9. The monoisotopic (exact) mass is 510 g/mol. The van der Waals surface area contributed by atoms with Gasteiger partial charge >= 0.3 is 0 Å². The fourth-order valence-electron chi connectivity index (χ4n) is 3.16. The molecule has 0 spiro atoms. The van der Waals surface area contributed by atoms with E-state index in [0.717, 1.165) is 62.2 Å². The molecule has 0 unspecified atom stereocenters. The molecular formula is C22H31IN4O2. The highest BCUT2D eigenvalue weighted by molar-refractivity contribution is 14.0. The number of aliphatic imine (C=N–C) groups is 1. The van der Waals surface area contributed by atoms with Crippen LogP contribution in [0.1, 0.15) is 0 Å². The molecule has 0 atom stereocenters. The third-order valence-electron chi connectivity index (χ3n) is 4.67. The zero-order chi connectivity index (χ0) is 19.4. The molecule has 0 saturated carbocycles. The molecule has 1 heterocycles. The summed E-state index contributed by atoms with van der Waals surface area (Å²) in [7, 11) is 1.79. The smallest absolute Gasteiger partial charge is 0.191 e. The van der Waals surface area contributed by atoms with Crippen molar-refractivity contribution >= 4 is 29.9 Å². The van der Waals surface area contributed by atoms with Crippen molar-refractivity contribution in [2.24, 2.45) is 4.99 Å². The van der Waals surface area contributed by atoms with Gasteiger partial charge in [0.1, 0.15) is 12.4 Å². The molecule has 0 amide bonds. The number of benzene rings is 2. The molecule has 2 aromatic carbocycles. The van der Waals surface area contributed by atoms with Crippen LogP contribution in [0.25, 0.3) is 11.1 Å². The Balaban J connectivity index is 0.00000300. The summed E-state index contributed by atoms with van der Waals surface area (Å²) in [4.78, 5) is 6.67. The molecular weight excluding hydrogens is 479 g/mol. The van der Waals surface area contributed by atoms with Crippen LogP contribution >= 0.6 is 24.0 Å². The lowest BCUT2D eigenvalue weighted by molar-refractivity contribution is 0.0389. The van der Waals surface area contributed by atoms with Gasteiger partial charge in [0.2, 0.25) is 0 Å². The standard InChI is InChI=1S/C22H30N4O2.HI/c1-23-22(24-11-13-26-14-17-27-18-15-26)25-12-16-28-21-10-6-5-9-20(21)19-7-3-2-4-8-19;/h2-10H,11-18H2,1H3,(H2,23,24,25);1H. The third-order valence-corrected chi connectivity index (χ3v) is 4.67. The van der Waals surface area contributed by atoms with Gasteiger partial charge in [-0.2, -0.15) is 0 Å². The molecule has 1 aliphatic rings. The maximum absolute atomic E-state index is 6.02. The predicted octanol–water partition coefficient (Wildman–Crippen LogP) is 2.85. The van der Waals surface area contributed by atoms with Crippen LogP contribution in [0.2, 0.25) is 0 Å². The van der Waals surface area contributed by atoms with Crippen molar-refractivity contribution in [3.63, 3.8) is 0 Å². The minimum absolute atomic E-state index is 0. The summed E-state index contributed by atoms with van der Waals surface area (Å²) in [5.74, 6) is 1.69. The molecule has 29 heavy (non-hydrogen) atoms. The highest BCUT2D eigenvalue weighted by atomic mass is 127. The largest absolute Gasteiger partial charge is 0.491 e. The van der Waals surface area contributed by atoms with Gasteiger partial charge in [-0.25, -0.2) is 0 Å². The lowest BCUT2D eigenvalue weighted by Crippen LogP contribution is -2.45. The quantitative estimate of drug-likeness (QED) is 0.248. The average Bonchev–Trinajstić information content (AvgIpc) is 2.77. The second-order valence-corrected chi connectivity index (χ2v) is 6.59. The Hall–Kier alpha value is -1.84. The fourth-order valence-corrected chi connectivity index (χ4v) is 3.16. The molecule has 1 aliphatic heterocycles. The average molecular weight is 510 g/mol. The first-order valence-electron chi connectivity index (χ1n) is 9.88. The van der Waals surface area contributed by atoms with Crippen molar-refractivity contribution in [1.29, 1.82) is 0 Å². The number of nitrogens with zero attached hydrogens (tertiary/aromatic N) is 2. The Kier molecular flexibility index (Phi) is 10.8. The molecule has 158 valence electrons. The molecule has 1 saturated heterocycles. The number of hydrogen-bond donors (Lipinski definition) is 2. The van der Waals surface area contributed by atoms with E-state index in [4.69, 9.17) is 9.47 Å². The van der Waals surface area contributed by atoms with Crippen LogP contribution in [0.15, 0.2) is 59.6 Å². The first-order valence-corrected chi connectivity index (χ1v) is 9.88. The molecule has 7 heteroatoms. The number of rotatable bonds is 8. The zero-order valence-corrected chi connectivity index (χ0v) is 19.3. The maximum atomic E-state index is 6.02. The van der Waals surface area contributed by atoms with Gasteiger partial charge < -0.3 is 20.1 Å². The van der Waals surface area contributed by atoms with E-state index in [1.165, 1.54) is 0 Å². The van der Waals surface area contributed by atoms with Gasteiger partial charge in [0.15, 0.2) is 5.96 Å². The molecule has 1 fully saturated rings. The van der Waals surface area contributed by atoms with E-state index in [0.29, 0.717) is 13.2 Å². The predicted molar refractivity (Wildman–Crippen MR) is 129 cm³/mol. The first kappa shape index (κ1) is 23.4. The highest BCUT2D eigenvalue weighted by Crippen LogP contribution is 2.29. The number of guanidine groups is 1. The number of hydrogen-bond acceptors (Lipinski definition) is 4. The van der Waals surface area contributed by atoms with Gasteiger partial charge in [0, 0.05) is 38.8 Å². The van der Waals surface area contributed by atoms with Crippen molar-refractivity contribution < 1.29 is 9.47 Å². The lowest BCUT2D eigenvalue weighted by Gasteiger charge is -2.26. The van der Waals surface area contributed by atoms with Gasteiger partial charge in [0.05, 0.1) is 19.8 Å².